The van der Waals surface area contributed by atoms with Crippen molar-refractivity contribution in [1.29, 1.82) is 0 Å². The van der Waals surface area contributed by atoms with Gasteiger partial charge in [0, 0.05) is 11.6 Å². The van der Waals surface area contributed by atoms with E-state index in [-0.39, 0.29) is 16.2 Å². The molecule has 118 valence electrons. The Hall–Kier alpha value is -1.95. The summed E-state index contributed by atoms with van der Waals surface area (Å²) in [6, 6.07) is 5.45. The molecule has 3 fully saturated rings. The number of hydrogen-bond acceptors (Lipinski definition) is 3. The number of carbonyl (C=O) groups is 1. The molecule has 4 atom stereocenters. The van der Waals surface area contributed by atoms with E-state index in [0.29, 0.717) is 34.3 Å². The van der Waals surface area contributed by atoms with Gasteiger partial charge in [-0.05, 0) is 73.4 Å². The second-order valence-corrected chi connectivity index (χ2v) is 7.56. The van der Waals surface area contributed by atoms with Gasteiger partial charge in [0.25, 0.3) is 11.5 Å². The SMILES string of the molecule is O=C(NC1C2C3CCC(C3)C12)c1ccc2c(=O)[nH]c(=S)[nH]c2c1. The highest BCUT2D eigenvalue weighted by molar-refractivity contribution is 7.71. The van der Waals surface area contributed by atoms with Crippen molar-refractivity contribution in [3.8, 4) is 0 Å². The summed E-state index contributed by atoms with van der Waals surface area (Å²) in [4.78, 5) is 29.9. The van der Waals surface area contributed by atoms with E-state index in [4.69, 9.17) is 12.2 Å². The Kier molecular flexibility index (Phi) is 2.66. The van der Waals surface area contributed by atoms with Gasteiger partial charge in [0.15, 0.2) is 4.77 Å². The molecule has 23 heavy (non-hydrogen) atoms. The number of nitrogens with one attached hydrogen (secondary N) is 3. The molecule has 1 amide bonds. The van der Waals surface area contributed by atoms with Crippen LogP contribution in [0.4, 0.5) is 0 Å². The Morgan fingerprint density at radius 1 is 1.17 bits per heavy atom. The number of hydrogen-bond donors (Lipinski definition) is 3. The molecule has 0 saturated heterocycles. The molecule has 6 heteroatoms. The van der Waals surface area contributed by atoms with Crippen molar-refractivity contribution in [2.24, 2.45) is 23.7 Å². The number of amides is 1. The fraction of sp³-hybridized carbons (Fsp3) is 0.471. The summed E-state index contributed by atoms with van der Waals surface area (Å²) in [5, 5.41) is 3.71. The minimum absolute atomic E-state index is 0.0506. The first-order valence-electron chi connectivity index (χ1n) is 8.19. The lowest BCUT2D eigenvalue weighted by Gasteiger charge is -2.11. The lowest BCUT2D eigenvalue weighted by atomic mass is 10.0. The summed E-state index contributed by atoms with van der Waals surface area (Å²) in [5.41, 5.74) is 0.942. The Morgan fingerprint density at radius 3 is 2.65 bits per heavy atom. The summed E-state index contributed by atoms with van der Waals surface area (Å²) >= 11 is 4.99. The molecular weight excluding hydrogens is 310 g/mol. The number of aromatic amines is 2. The zero-order chi connectivity index (χ0) is 15.7. The highest BCUT2D eigenvalue weighted by Crippen LogP contribution is 2.65. The summed E-state index contributed by atoms with van der Waals surface area (Å²) in [5.74, 6) is 3.05. The van der Waals surface area contributed by atoms with Crippen LogP contribution in [-0.2, 0) is 0 Å². The van der Waals surface area contributed by atoms with Gasteiger partial charge in [-0.3, -0.25) is 14.6 Å². The molecule has 0 aliphatic heterocycles. The van der Waals surface area contributed by atoms with Gasteiger partial charge in [-0.1, -0.05) is 0 Å². The van der Waals surface area contributed by atoms with Gasteiger partial charge >= 0.3 is 0 Å². The van der Waals surface area contributed by atoms with Gasteiger partial charge < -0.3 is 10.3 Å². The largest absolute Gasteiger partial charge is 0.349 e. The maximum atomic E-state index is 12.5. The topological polar surface area (TPSA) is 77.8 Å². The third-order valence-corrected chi connectivity index (χ3v) is 6.24. The molecule has 5 nitrogen and oxygen atoms in total. The molecule has 3 aliphatic rings. The number of carbonyl (C=O) groups excluding carboxylic acids is 1. The number of H-pyrrole nitrogens is 2. The molecule has 1 aromatic heterocycles. The minimum Gasteiger partial charge on any atom is -0.349 e. The summed E-state index contributed by atoms with van der Waals surface area (Å²) < 4.78 is 0.272. The van der Waals surface area contributed by atoms with E-state index in [2.05, 4.69) is 15.3 Å². The van der Waals surface area contributed by atoms with E-state index in [1.165, 1.54) is 19.3 Å². The number of fused-ring (bicyclic) bond motifs is 6. The molecule has 1 heterocycles. The molecule has 1 aromatic carbocycles. The third kappa shape index (κ3) is 1.94. The van der Waals surface area contributed by atoms with Crippen molar-refractivity contribution in [2.45, 2.75) is 25.3 Å². The van der Waals surface area contributed by atoms with Crippen LogP contribution in [-0.4, -0.2) is 21.9 Å². The van der Waals surface area contributed by atoms with Crippen LogP contribution < -0.4 is 10.9 Å². The number of aromatic nitrogens is 2. The Labute approximate surface area is 137 Å². The quantitative estimate of drug-likeness (QED) is 0.741. The van der Waals surface area contributed by atoms with Crippen molar-refractivity contribution in [3.05, 3.63) is 38.9 Å². The molecule has 0 spiro atoms. The molecule has 3 aliphatic carbocycles. The van der Waals surface area contributed by atoms with E-state index < -0.39 is 0 Å². The Balaban J connectivity index is 1.41. The molecule has 2 aromatic rings. The highest BCUT2D eigenvalue weighted by Gasteiger charge is 2.65. The van der Waals surface area contributed by atoms with E-state index in [1.54, 1.807) is 18.2 Å². The second-order valence-electron chi connectivity index (χ2n) is 7.16. The van der Waals surface area contributed by atoms with Crippen LogP contribution in [0.1, 0.15) is 29.6 Å². The smallest absolute Gasteiger partial charge is 0.259 e. The number of rotatable bonds is 2. The van der Waals surface area contributed by atoms with Crippen molar-refractivity contribution in [2.75, 3.05) is 0 Å². The molecule has 4 unspecified atom stereocenters. The minimum atomic E-state index is -0.232. The van der Waals surface area contributed by atoms with Gasteiger partial charge in [-0.2, -0.15) is 0 Å². The number of benzene rings is 1. The van der Waals surface area contributed by atoms with Gasteiger partial charge in [0.2, 0.25) is 0 Å². The maximum absolute atomic E-state index is 12.5. The standard InChI is InChI=1S/C17H17N3O2S/c21-15(19-14-12-7-1-2-8(5-7)13(12)14)9-3-4-10-11(6-9)18-17(23)20-16(10)22/h3-4,6-8,12-14H,1-2,5H2,(H,19,21)(H2,18,20,22,23). The monoisotopic (exact) mass is 327 g/mol. The predicted molar refractivity (Wildman–Crippen MR) is 88.8 cm³/mol. The van der Waals surface area contributed by atoms with Gasteiger partial charge in [0.1, 0.15) is 0 Å². The molecule has 3 saturated carbocycles. The lowest BCUT2D eigenvalue weighted by Crippen LogP contribution is -2.30. The van der Waals surface area contributed by atoms with Crippen LogP contribution in [0.5, 0.6) is 0 Å². The van der Waals surface area contributed by atoms with Gasteiger partial charge in [0.05, 0.1) is 10.9 Å². The maximum Gasteiger partial charge on any atom is 0.259 e. The van der Waals surface area contributed by atoms with Crippen molar-refractivity contribution >= 4 is 29.0 Å². The van der Waals surface area contributed by atoms with E-state index in [9.17, 15) is 9.59 Å². The van der Waals surface area contributed by atoms with Crippen LogP contribution in [0.15, 0.2) is 23.0 Å². The summed E-state index contributed by atoms with van der Waals surface area (Å²) in [7, 11) is 0. The van der Waals surface area contributed by atoms with Gasteiger partial charge in [-0.15, -0.1) is 0 Å². The first-order chi connectivity index (χ1) is 11.1. The van der Waals surface area contributed by atoms with Crippen molar-refractivity contribution < 1.29 is 4.79 Å². The average molecular weight is 327 g/mol. The van der Waals surface area contributed by atoms with E-state index in [0.717, 1.165) is 11.8 Å². The third-order valence-electron chi connectivity index (χ3n) is 6.03. The average Bonchev–Trinajstić information content (AvgIpc) is 2.91. The van der Waals surface area contributed by atoms with Crippen LogP contribution in [0, 0.1) is 28.4 Å². The first kappa shape index (κ1) is 13.5. The van der Waals surface area contributed by atoms with Crippen molar-refractivity contribution in [3.63, 3.8) is 0 Å². The molecule has 0 radical (unpaired) electrons. The summed E-state index contributed by atoms with van der Waals surface area (Å²) in [6.07, 6.45) is 4.05. The van der Waals surface area contributed by atoms with E-state index >= 15 is 0 Å². The lowest BCUT2D eigenvalue weighted by molar-refractivity contribution is 0.0944. The highest BCUT2D eigenvalue weighted by atomic mass is 32.1. The Bertz CT molecular complexity index is 931. The fourth-order valence-corrected chi connectivity index (χ4v) is 5.27. The van der Waals surface area contributed by atoms with Crippen LogP contribution in [0.2, 0.25) is 0 Å². The molecule has 2 bridgehead atoms. The second kappa shape index (κ2) is 4.54. The molecule has 5 rings (SSSR count). The normalized spacial score (nSPS) is 33.7. The van der Waals surface area contributed by atoms with Crippen LogP contribution in [0.25, 0.3) is 10.9 Å². The summed E-state index contributed by atoms with van der Waals surface area (Å²) in [6.45, 7) is 0. The zero-order valence-electron chi connectivity index (χ0n) is 12.5. The zero-order valence-corrected chi connectivity index (χ0v) is 13.3. The van der Waals surface area contributed by atoms with Crippen LogP contribution >= 0.6 is 12.2 Å². The fourth-order valence-electron chi connectivity index (χ4n) is 5.06. The molecular formula is C17H17N3O2S. The van der Waals surface area contributed by atoms with Gasteiger partial charge in [-0.25, -0.2) is 0 Å². The van der Waals surface area contributed by atoms with E-state index in [1.807, 2.05) is 0 Å². The first-order valence-corrected chi connectivity index (χ1v) is 8.60. The van der Waals surface area contributed by atoms with Crippen molar-refractivity contribution in [1.82, 2.24) is 15.3 Å². The Morgan fingerprint density at radius 2 is 1.91 bits per heavy atom. The molecule has 3 N–H and O–H groups in total. The van der Waals surface area contributed by atoms with Crippen LogP contribution in [0.3, 0.4) is 0 Å². The predicted octanol–water partition coefficient (Wildman–Crippen LogP) is 2.36.